The summed E-state index contributed by atoms with van der Waals surface area (Å²) < 4.78 is 0. The van der Waals surface area contributed by atoms with Gasteiger partial charge in [0, 0.05) is 5.92 Å². The lowest BCUT2D eigenvalue weighted by Crippen LogP contribution is -2.19. The SMILES string of the molecule is CCC(CC)C(C#N)CC(C)(C)C. The molecular weight excluding hydrogens is 158 g/mol. The molecule has 0 bridgehead atoms. The highest BCUT2D eigenvalue weighted by Crippen LogP contribution is 2.31. The van der Waals surface area contributed by atoms with Crippen LogP contribution in [0.1, 0.15) is 53.9 Å². The van der Waals surface area contributed by atoms with Crippen LogP contribution in [0.25, 0.3) is 0 Å². The molecular formula is C12H23N. The molecule has 0 aromatic heterocycles. The van der Waals surface area contributed by atoms with E-state index in [1.165, 1.54) is 0 Å². The lowest BCUT2D eigenvalue weighted by Gasteiger charge is -2.26. The van der Waals surface area contributed by atoms with Gasteiger partial charge < -0.3 is 0 Å². The number of hydrogen-bond acceptors (Lipinski definition) is 1. The van der Waals surface area contributed by atoms with Crippen molar-refractivity contribution >= 4 is 0 Å². The number of nitriles is 1. The Bertz CT molecular complexity index is 167. The molecule has 0 aliphatic carbocycles. The fourth-order valence-electron chi connectivity index (χ4n) is 1.84. The standard InChI is InChI=1S/C12H23N/c1-6-10(7-2)11(9-13)8-12(3,4)5/h10-11H,6-8H2,1-5H3. The molecule has 1 unspecified atom stereocenters. The molecule has 0 spiro atoms. The first kappa shape index (κ1) is 12.5. The highest BCUT2D eigenvalue weighted by molar-refractivity contribution is 4.89. The van der Waals surface area contributed by atoms with Gasteiger partial charge in [0.05, 0.1) is 6.07 Å². The van der Waals surface area contributed by atoms with Gasteiger partial charge in [-0.2, -0.15) is 5.26 Å². The zero-order valence-corrected chi connectivity index (χ0v) is 9.72. The Morgan fingerprint density at radius 3 is 1.85 bits per heavy atom. The Hall–Kier alpha value is -0.510. The van der Waals surface area contributed by atoms with Crippen LogP contribution in [0.3, 0.4) is 0 Å². The van der Waals surface area contributed by atoms with Gasteiger partial charge in [0.15, 0.2) is 0 Å². The summed E-state index contributed by atoms with van der Waals surface area (Å²) in [6.45, 7) is 11.0. The molecule has 1 nitrogen and oxygen atoms in total. The third-order valence-electron chi connectivity index (χ3n) is 2.62. The van der Waals surface area contributed by atoms with Crippen molar-refractivity contribution in [1.82, 2.24) is 0 Å². The van der Waals surface area contributed by atoms with Gasteiger partial charge in [-0.3, -0.25) is 0 Å². The lowest BCUT2D eigenvalue weighted by atomic mass is 9.77. The van der Waals surface area contributed by atoms with Crippen LogP contribution in [0.2, 0.25) is 0 Å². The van der Waals surface area contributed by atoms with Crippen LogP contribution in [-0.2, 0) is 0 Å². The molecule has 13 heavy (non-hydrogen) atoms. The molecule has 1 atom stereocenters. The van der Waals surface area contributed by atoms with Crippen molar-refractivity contribution < 1.29 is 0 Å². The van der Waals surface area contributed by atoms with Crippen molar-refractivity contribution in [2.45, 2.75) is 53.9 Å². The van der Waals surface area contributed by atoms with Gasteiger partial charge in [-0.25, -0.2) is 0 Å². The van der Waals surface area contributed by atoms with Gasteiger partial charge in [-0.15, -0.1) is 0 Å². The topological polar surface area (TPSA) is 23.8 Å². The highest BCUT2D eigenvalue weighted by atomic mass is 14.3. The number of hydrogen-bond donors (Lipinski definition) is 0. The van der Waals surface area contributed by atoms with E-state index in [0.29, 0.717) is 5.92 Å². The monoisotopic (exact) mass is 181 g/mol. The maximum atomic E-state index is 9.07. The molecule has 0 saturated heterocycles. The van der Waals surface area contributed by atoms with E-state index in [-0.39, 0.29) is 11.3 Å². The lowest BCUT2D eigenvalue weighted by molar-refractivity contribution is 0.258. The van der Waals surface area contributed by atoms with Crippen molar-refractivity contribution in [1.29, 1.82) is 5.26 Å². The molecule has 0 rings (SSSR count). The first-order valence-electron chi connectivity index (χ1n) is 5.34. The van der Waals surface area contributed by atoms with Crippen molar-refractivity contribution in [3.63, 3.8) is 0 Å². The summed E-state index contributed by atoms with van der Waals surface area (Å²) in [7, 11) is 0. The molecule has 0 amide bonds. The van der Waals surface area contributed by atoms with Crippen LogP contribution in [0, 0.1) is 28.6 Å². The van der Waals surface area contributed by atoms with Crippen LogP contribution in [0.15, 0.2) is 0 Å². The summed E-state index contributed by atoms with van der Waals surface area (Å²) >= 11 is 0. The summed E-state index contributed by atoms with van der Waals surface area (Å²) in [5.41, 5.74) is 0.281. The fourth-order valence-corrected chi connectivity index (χ4v) is 1.84. The summed E-state index contributed by atoms with van der Waals surface area (Å²) in [6, 6.07) is 2.46. The second-order valence-electron chi connectivity index (χ2n) is 5.08. The minimum atomic E-state index is 0.245. The maximum absolute atomic E-state index is 9.07. The van der Waals surface area contributed by atoms with Gasteiger partial charge in [-0.05, 0) is 17.8 Å². The molecule has 76 valence electrons. The van der Waals surface area contributed by atoms with Crippen LogP contribution in [-0.4, -0.2) is 0 Å². The molecule has 0 radical (unpaired) electrons. The average molecular weight is 181 g/mol. The molecule has 0 fully saturated rings. The van der Waals surface area contributed by atoms with Gasteiger partial charge in [0.1, 0.15) is 0 Å². The summed E-state index contributed by atoms with van der Waals surface area (Å²) in [4.78, 5) is 0. The van der Waals surface area contributed by atoms with Gasteiger partial charge >= 0.3 is 0 Å². The molecule has 0 aromatic carbocycles. The van der Waals surface area contributed by atoms with E-state index in [0.717, 1.165) is 19.3 Å². The van der Waals surface area contributed by atoms with Gasteiger partial charge in [0.2, 0.25) is 0 Å². The van der Waals surface area contributed by atoms with Crippen LogP contribution >= 0.6 is 0 Å². The molecule has 0 aliphatic heterocycles. The fraction of sp³-hybridized carbons (Fsp3) is 0.917. The Morgan fingerprint density at radius 2 is 1.62 bits per heavy atom. The van der Waals surface area contributed by atoms with Crippen molar-refractivity contribution in [3.8, 4) is 6.07 Å². The van der Waals surface area contributed by atoms with E-state index < -0.39 is 0 Å². The molecule has 0 N–H and O–H groups in total. The van der Waals surface area contributed by atoms with Crippen LogP contribution < -0.4 is 0 Å². The van der Waals surface area contributed by atoms with Crippen molar-refractivity contribution in [2.75, 3.05) is 0 Å². The molecule has 0 saturated carbocycles. The second kappa shape index (κ2) is 5.27. The maximum Gasteiger partial charge on any atom is 0.0658 e. The predicted molar refractivity (Wildman–Crippen MR) is 57.2 cm³/mol. The van der Waals surface area contributed by atoms with E-state index in [2.05, 4.69) is 40.7 Å². The van der Waals surface area contributed by atoms with Crippen molar-refractivity contribution in [3.05, 3.63) is 0 Å². The third kappa shape index (κ3) is 4.93. The summed E-state index contributed by atoms with van der Waals surface area (Å²) in [6.07, 6.45) is 3.28. The zero-order valence-electron chi connectivity index (χ0n) is 9.72. The van der Waals surface area contributed by atoms with E-state index in [4.69, 9.17) is 5.26 Å². The Labute approximate surface area is 83.1 Å². The highest BCUT2D eigenvalue weighted by Gasteiger charge is 2.23. The van der Waals surface area contributed by atoms with E-state index in [1.807, 2.05) is 0 Å². The molecule has 1 heteroatoms. The molecule has 0 heterocycles. The van der Waals surface area contributed by atoms with E-state index in [9.17, 15) is 0 Å². The second-order valence-corrected chi connectivity index (χ2v) is 5.08. The van der Waals surface area contributed by atoms with Crippen LogP contribution in [0.5, 0.6) is 0 Å². The summed E-state index contributed by atoms with van der Waals surface area (Å²) in [5.74, 6) is 0.833. The molecule has 0 aliphatic rings. The first-order chi connectivity index (χ1) is 5.94. The smallest absolute Gasteiger partial charge is 0.0658 e. The van der Waals surface area contributed by atoms with Gasteiger partial charge in [-0.1, -0.05) is 47.5 Å². The average Bonchev–Trinajstić information content (AvgIpc) is 2.02. The molecule has 0 aromatic rings. The zero-order chi connectivity index (χ0) is 10.5. The van der Waals surface area contributed by atoms with Crippen molar-refractivity contribution in [2.24, 2.45) is 17.3 Å². The van der Waals surface area contributed by atoms with Gasteiger partial charge in [0.25, 0.3) is 0 Å². The van der Waals surface area contributed by atoms with E-state index in [1.54, 1.807) is 0 Å². The minimum Gasteiger partial charge on any atom is -0.198 e. The predicted octanol–water partition coefficient (Wildman–Crippen LogP) is 4.00. The number of nitrogens with zero attached hydrogens (tertiary/aromatic N) is 1. The Kier molecular flexibility index (Phi) is 5.06. The quantitative estimate of drug-likeness (QED) is 0.643. The summed E-state index contributed by atoms with van der Waals surface area (Å²) in [5, 5.41) is 9.07. The Balaban J connectivity index is 4.26. The minimum absolute atomic E-state index is 0.245. The number of rotatable bonds is 4. The first-order valence-corrected chi connectivity index (χ1v) is 5.34. The Morgan fingerprint density at radius 1 is 1.15 bits per heavy atom. The van der Waals surface area contributed by atoms with Crippen LogP contribution in [0.4, 0.5) is 0 Å². The largest absolute Gasteiger partial charge is 0.198 e. The van der Waals surface area contributed by atoms with E-state index >= 15 is 0 Å². The normalized spacial score (nSPS) is 14.2. The third-order valence-corrected chi connectivity index (χ3v) is 2.62.